The highest BCUT2D eigenvalue weighted by atomic mass is 35.5. The van der Waals surface area contributed by atoms with Crippen molar-refractivity contribution in [1.29, 1.82) is 0 Å². The maximum Gasteiger partial charge on any atom is 0.253 e. The Kier molecular flexibility index (Phi) is 6.30. The number of aliphatic hydroxyl groups excluding tert-OH is 1. The molecule has 1 aromatic carbocycles. The third kappa shape index (κ3) is 5.83. The molecule has 1 aromatic rings. The molecule has 0 aromatic heterocycles. The van der Waals surface area contributed by atoms with Gasteiger partial charge in [-0.05, 0) is 48.9 Å². The van der Waals surface area contributed by atoms with Crippen molar-refractivity contribution in [3.63, 3.8) is 0 Å². The minimum Gasteiger partial charge on any atom is -0.381 e. The summed E-state index contributed by atoms with van der Waals surface area (Å²) in [5, 5.41) is 13.4. The number of amides is 1. The molecular formula is C15H19Cl2NO3. The molecule has 1 aliphatic rings. The standard InChI is InChI=1S/C15H19Cl2NO3/c16-12-6-11(7-13(17)8-12)14(19)15(20)18-4-1-5-21-9-10-2-3-10/h6-8,10,14,19H,1-5,9H2,(H,18,20). The lowest BCUT2D eigenvalue weighted by Gasteiger charge is -2.12. The van der Waals surface area contributed by atoms with Crippen molar-refractivity contribution in [2.45, 2.75) is 25.4 Å². The molecule has 1 fully saturated rings. The second-order valence-corrected chi connectivity index (χ2v) is 6.14. The molecule has 1 unspecified atom stereocenters. The van der Waals surface area contributed by atoms with Gasteiger partial charge in [-0.3, -0.25) is 4.79 Å². The highest BCUT2D eigenvalue weighted by Crippen LogP contribution is 2.28. The van der Waals surface area contributed by atoms with Crippen LogP contribution in [0.15, 0.2) is 18.2 Å². The summed E-state index contributed by atoms with van der Waals surface area (Å²) in [5.74, 6) is 0.282. The topological polar surface area (TPSA) is 58.6 Å². The van der Waals surface area contributed by atoms with Crippen LogP contribution in [0.4, 0.5) is 0 Å². The zero-order valence-electron chi connectivity index (χ0n) is 11.6. The van der Waals surface area contributed by atoms with E-state index in [0.717, 1.165) is 18.9 Å². The second-order valence-electron chi connectivity index (χ2n) is 5.27. The quantitative estimate of drug-likeness (QED) is 0.720. The molecule has 0 radical (unpaired) electrons. The molecule has 1 amide bonds. The van der Waals surface area contributed by atoms with Crippen LogP contribution >= 0.6 is 23.2 Å². The number of carbonyl (C=O) groups is 1. The summed E-state index contributed by atoms with van der Waals surface area (Å²) in [6, 6.07) is 4.60. The van der Waals surface area contributed by atoms with Crippen molar-refractivity contribution in [2.24, 2.45) is 5.92 Å². The van der Waals surface area contributed by atoms with Gasteiger partial charge in [-0.15, -0.1) is 0 Å². The molecule has 0 saturated heterocycles. The van der Waals surface area contributed by atoms with Crippen LogP contribution in [0.2, 0.25) is 10.0 Å². The van der Waals surface area contributed by atoms with E-state index in [4.69, 9.17) is 27.9 Å². The van der Waals surface area contributed by atoms with E-state index in [2.05, 4.69) is 5.32 Å². The largest absolute Gasteiger partial charge is 0.381 e. The summed E-state index contributed by atoms with van der Waals surface area (Å²) in [4.78, 5) is 11.8. The van der Waals surface area contributed by atoms with E-state index in [9.17, 15) is 9.90 Å². The van der Waals surface area contributed by atoms with E-state index in [0.29, 0.717) is 28.8 Å². The summed E-state index contributed by atoms with van der Waals surface area (Å²) in [6.45, 7) is 1.91. The molecule has 1 saturated carbocycles. The van der Waals surface area contributed by atoms with Crippen LogP contribution in [0.3, 0.4) is 0 Å². The third-order valence-corrected chi connectivity index (χ3v) is 3.70. The summed E-state index contributed by atoms with van der Waals surface area (Å²) in [7, 11) is 0. The van der Waals surface area contributed by atoms with Gasteiger partial charge in [-0.1, -0.05) is 23.2 Å². The van der Waals surface area contributed by atoms with Gasteiger partial charge in [0, 0.05) is 29.8 Å². The fourth-order valence-corrected chi connectivity index (χ4v) is 2.44. The van der Waals surface area contributed by atoms with Gasteiger partial charge in [-0.2, -0.15) is 0 Å². The van der Waals surface area contributed by atoms with Gasteiger partial charge in [0.05, 0.1) is 0 Å². The summed E-state index contributed by atoms with van der Waals surface area (Å²) < 4.78 is 5.47. The van der Waals surface area contributed by atoms with Gasteiger partial charge in [0.1, 0.15) is 0 Å². The molecule has 2 N–H and O–H groups in total. The van der Waals surface area contributed by atoms with Gasteiger partial charge >= 0.3 is 0 Å². The minimum absolute atomic E-state index is 0.384. The monoisotopic (exact) mass is 331 g/mol. The van der Waals surface area contributed by atoms with E-state index in [1.807, 2.05) is 0 Å². The van der Waals surface area contributed by atoms with Crippen LogP contribution in [0.5, 0.6) is 0 Å². The Balaban J connectivity index is 1.68. The molecule has 1 aliphatic carbocycles. The normalized spacial score (nSPS) is 15.8. The van der Waals surface area contributed by atoms with Crippen LogP contribution in [0.1, 0.15) is 30.9 Å². The van der Waals surface area contributed by atoms with E-state index in [-0.39, 0.29) is 0 Å². The molecule has 21 heavy (non-hydrogen) atoms. The highest BCUT2D eigenvalue weighted by Gasteiger charge is 2.21. The Bertz CT molecular complexity index is 472. The lowest BCUT2D eigenvalue weighted by atomic mass is 10.1. The van der Waals surface area contributed by atoms with Crippen molar-refractivity contribution in [3.05, 3.63) is 33.8 Å². The van der Waals surface area contributed by atoms with E-state index < -0.39 is 12.0 Å². The van der Waals surface area contributed by atoms with Crippen LogP contribution in [-0.4, -0.2) is 30.8 Å². The molecule has 0 bridgehead atoms. The Hall–Kier alpha value is -0.810. The average molecular weight is 332 g/mol. The number of carbonyl (C=O) groups excluding carboxylic acids is 1. The number of hydrogen-bond acceptors (Lipinski definition) is 3. The highest BCUT2D eigenvalue weighted by molar-refractivity contribution is 6.34. The summed E-state index contributed by atoms with van der Waals surface area (Å²) in [5.41, 5.74) is 0.384. The maximum atomic E-state index is 11.8. The Morgan fingerprint density at radius 1 is 1.33 bits per heavy atom. The molecular weight excluding hydrogens is 313 g/mol. The second kappa shape index (κ2) is 7.99. The Morgan fingerprint density at radius 3 is 2.62 bits per heavy atom. The first-order valence-corrected chi connectivity index (χ1v) is 7.81. The first-order valence-electron chi connectivity index (χ1n) is 7.06. The molecule has 116 valence electrons. The smallest absolute Gasteiger partial charge is 0.253 e. The van der Waals surface area contributed by atoms with Crippen molar-refractivity contribution in [3.8, 4) is 0 Å². The van der Waals surface area contributed by atoms with Gasteiger partial charge in [0.25, 0.3) is 5.91 Å². The van der Waals surface area contributed by atoms with Gasteiger partial charge < -0.3 is 15.2 Å². The first-order chi connectivity index (χ1) is 10.1. The Morgan fingerprint density at radius 2 is 2.00 bits per heavy atom. The molecule has 2 rings (SSSR count). The summed E-state index contributed by atoms with van der Waals surface area (Å²) in [6.07, 6.45) is 1.99. The van der Waals surface area contributed by atoms with Crippen LogP contribution in [-0.2, 0) is 9.53 Å². The molecule has 1 atom stereocenters. The zero-order chi connectivity index (χ0) is 15.2. The predicted molar refractivity (Wildman–Crippen MR) is 82.6 cm³/mol. The SMILES string of the molecule is O=C(NCCCOCC1CC1)C(O)c1cc(Cl)cc(Cl)c1. The number of aliphatic hydroxyl groups is 1. The van der Waals surface area contributed by atoms with Crippen LogP contribution < -0.4 is 5.32 Å². The summed E-state index contributed by atoms with van der Waals surface area (Å²) >= 11 is 11.7. The van der Waals surface area contributed by atoms with Crippen molar-refractivity contribution < 1.29 is 14.6 Å². The number of nitrogens with one attached hydrogen (secondary N) is 1. The lowest BCUT2D eigenvalue weighted by Crippen LogP contribution is -2.30. The fourth-order valence-electron chi connectivity index (χ4n) is 1.90. The zero-order valence-corrected chi connectivity index (χ0v) is 13.2. The molecule has 0 aliphatic heterocycles. The van der Waals surface area contributed by atoms with Gasteiger partial charge in [0.2, 0.25) is 0 Å². The molecule has 6 heteroatoms. The number of benzene rings is 1. The minimum atomic E-state index is -1.27. The maximum absolute atomic E-state index is 11.8. The molecule has 0 heterocycles. The average Bonchev–Trinajstić information content (AvgIpc) is 3.24. The van der Waals surface area contributed by atoms with Crippen molar-refractivity contribution in [2.75, 3.05) is 19.8 Å². The number of rotatable bonds is 8. The van der Waals surface area contributed by atoms with E-state index in [1.165, 1.54) is 25.0 Å². The van der Waals surface area contributed by atoms with Crippen LogP contribution in [0, 0.1) is 5.92 Å². The van der Waals surface area contributed by atoms with Gasteiger partial charge in [-0.25, -0.2) is 0 Å². The van der Waals surface area contributed by atoms with Gasteiger partial charge in [0.15, 0.2) is 6.10 Å². The van der Waals surface area contributed by atoms with Crippen molar-refractivity contribution >= 4 is 29.1 Å². The predicted octanol–water partition coefficient (Wildman–Crippen LogP) is 2.96. The van der Waals surface area contributed by atoms with E-state index >= 15 is 0 Å². The molecule has 4 nitrogen and oxygen atoms in total. The number of ether oxygens (including phenoxy) is 1. The lowest BCUT2D eigenvalue weighted by molar-refractivity contribution is -0.129. The van der Waals surface area contributed by atoms with Crippen LogP contribution in [0.25, 0.3) is 0 Å². The van der Waals surface area contributed by atoms with E-state index in [1.54, 1.807) is 6.07 Å². The molecule has 0 spiro atoms. The third-order valence-electron chi connectivity index (χ3n) is 3.26. The number of halogens is 2. The fraction of sp³-hybridized carbons (Fsp3) is 0.533. The first kappa shape index (κ1) is 16.6. The number of hydrogen-bond donors (Lipinski definition) is 2. The Labute approximate surface area is 134 Å². The van der Waals surface area contributed by atoms with Crippen molar-refractivity contribution in [1.82, 2.24) is 5.32 Å².